The second-order valence-electron chi connectivity index (χ2n) is 7.55. The molecule has 2 aromatic heterocycles. The molecule has 1 amide bonds. The van der Waals surface area contributed by atoms with E-state index in [0.29, 0.717) is 28.0 Å². The summed E-state index contributed by atoms with van der Waals surface area (Å²) < 4.78 is 17.4. The van der Waals surface area contributed by atoms with Gasteiger partial charge in [0.25, 0.3) is 5.91 Å². The number of methoxy groups -OCH3 is 1. The van der Waals surface area contributed by atoms with E-state index in [4.69, 9.17) is 13.6 Å². The highest BCUT2D eigenvalue weighted by molar-refractivity contribution is 9.10. The summed E-state index contributed by atoms with van der Waals surface area (Å²) in [5.74, 6) is -0.820. The minimum Gasteiger partial charge on any atom is -0.503 e. The molecule has 0 aliphatic carbocycles. The molecule has 3 heterocycles. The van der Waals surface area contributed by atoms with E-state index in [0.717, 1.165) is 4.47 Å². The summed E-state index contributed by atoms with van der Waals surface area (Å²) >= 11 is 3.40. The number of aliphatic hydroxyl groups excluding tert-OH is 1. The number of hydrogen-bond donors (Lipinski definition) is 1. The summed E-state index contributed by atoms with van der Waals surface area (Å²) in [6.45, 7) is 0.0847. The summed E-state index contributed by atoms with van der Waals surface area (Å²) in [5.41, 5.74) is 1.03. The number of carbonyl (C=O) groups excluding carboxylic acids is 2. The first-order chi connectivity index (χ1) is 16.0. The van der Waals surface area contributed by atoms with Crippen molar-refractivity contribution in [3.63, 3.8) is 0 Å². The molecular weight excluding hydrogens is 490 g/mol. The fourth-order valence-electron chi connectivity index (χ4n) is 4.05. The molecule has 166 valence electrons. The Hall–Kier alpha value is -3.78. The Morgan fingerprint density at radius 3 is 2.64 bits per heavy atom. The van der Waals surface area contributed by atoms with Gasteiger partial charge in [-0.3, -0.25) is 9.59 Å². The number of ketones is 1. The van der Waals surface area contributed by atoms with Gasteiger partial charge in [0.2, 0.25) is 5.78 Å². The van der Waals surface area contributed by atoms with Crippen LogP contribution in [0.3, 0.4) is 0 Å². The number of nitrogens with zero attached hydrogens (tertiary/aromatic N) is 1. The molecule has 0 saturated heterocycles. The number of amides is 1. The quantitative estimate of drug-likeness (QED) is 0.342. The molecule has 0 spiro atoms. The van der Waals surface area contributed by atoms with Crippen molar-refractivity contribution >= 4 is 38.6 Å². The zero-order chi connectivity index (χ0) is 23.1. The van der Waals surface area contributed by atoms with Crippen LogP contribution in [-0.2, 0) is 11.3 Å². The molecule has 0 radical (unpaired) electrons. The maximum absolute atomic E-state index is 13.6. The third-order valence-electron chi connectivity index (χ3n) is 5.59. The van der Waals surface area contributed by atoms with Crippen LogP contribution in [0.25, 0.3) is 11.0 Å². The van der Waals surface area contributed by atoms with Crippen molar-refractivity contribution in [3.8, 4) is 5.75 Å². The first-order valence-electron chi connectivity index (χ1n) is 10.1. The van der Waals surface area contributed by atoms with Gasteiger partial charge in [-0.15, -0.1) is 0 Å². The number of rotatable bonds is 6. The van der Waals surface area contributed by atoms with Crippen molar-refractivity contribution in [2.75, 3.05) is 7.11 Å². The van der Waals surface area contributed by atoms with Gasteiger partial charge in [0, 0.05) is 9.86 Å². The molecule has 1 unspecified atom stereocenters. The highest BCUT2D eigenvalue weighted by Gasteiger charge is 2.44. The lowest BCUT2D eigenvalue weighted by molar-refractivity contribution is -0.130. The van der Waals surface area contributed by atoms with Crippen molar-refractivity contribution in [3.05, 3.63) is 99.8 Å². The van der Waals surface area contributed by atoms with Crippen LogP contribution in [0.4, 0.5) is 0 Å². The van der Waals surface area contributed by atoms with Gasteiger partial charge in [0.05, 0.1) is 31.5 Å². The van der Waals surface area contributed by atoms with Crippen molar-refractivity contribution < 1.29 is 28.3 Å². The molecule has 1 N–H and O–H groups in total. The van der Waals surface area contributed by atoms with E-state index in [-0.39, 0.29) is 17.9 Å². The Morgan fingerprint density at radius 2 is 1.94 bits per heavy atom. The number of hydrogen-bond acceptors (Lipinski definition) is 6. The summed E-state index contributed by atoms with van der Waals surface area (Å²) in [6, 6.07) is 16.7. The lowest BCUT2D eigenvalue weighted by atomic mass is 9.95. The van der Waals surface area contributed by atoms with Crippen LogP contribution in [0.2, 0.25) is 0 Å². The number of para-hydroxylation sites is 1. The highest BCUT2D eigenvalue weighted by atomic mass is 79.9. The van der Waals surface area contributed by atoms with Crippen LogP contribution in [0.5, 0.6) is 5.75 Å². The number of furan rings is 2. The zero-order valence-electron chi connectivity index (χ0n) is 17.4. The lowest BCUT2D eigenvalue weighted by Crippen LogP contribution is -2.30. The van der Waals surface area contributed by atoms with Crippen molar-refractivity contribution in [1.82, 2.24) is 4.90 Å². The standard InChI is InChI=1S/C25H18BrNO6/c1-31-18-6-2-4-15-12-19(33-24(15)18)22(28)20-21(14-7-9-16(26)10-8-14)27(25(30)23(20)29)13-17-5-3-11-32-17/h2-12,21,29H,13H2,1H3. The Labute approximate surface area is 197 Å². The topological polar surface area (TPSA) is 93.1 Å². The van der Waals surface area contributed by atoms with Crippen LogP contribution in [0, 0.1) is 0 Å². The highest BCUT2D eigenvalue weighted by Crippen LogP contribution is 2.41. The molecule has 0 fully saturated rings. The molecule has 1 aliphatic heterocycles. The normalized spacial score (nSPS) is 16.1. The molecule has 33 heavy (non-hydrogen) atoms. The first-order valence-corrected chi connectivity index (χ1v) is 10.9. The first kappa shape index (κ1) is 21.1. The maximum atomic E-state index is 13.6. The Morgan fingerprint density at radius 1 is 1.15 bits per heavy atom. The molecule has 0 bridgehead atoms. The zero-order valence-corrected chi connectivity index (χ0v) is 19.0. The number of fused-ring (bicyclic) bond motifs is 1. The molecule has 2 aromatic carbocycles. The van der Waals surface area contributed by atoms with E-state index in [2.05, 4.69) is 15.9 Å². The number of halogens is 1. The van der Waals surface area contributed by atoms with Crippen molar-refractivity contribution in [2.24, 2.45) is 0 Å². The average Bonchev–Trinajstić information content (AvgIpc) is 3.54. The van der Waals surface area contributed by atoms with Gasteiger partial charge in [-0.25, -0.2) is 0 Å². The van der Waals surface area contributed by atoms with Gasteiger partial charge in [-0.1, -0.05) is 40.2 Å². The second kappa shape index (κ2) is 8.29. The van der Waals surface area contributed by atoms with Crippen molar-refractivity contribution in [2.45, 2.75) is 12.6 Å². The predicted octanol–water partition coefficient (Wildman–Crippen LogP) is 5.58. The number of carbonyl (C=O) groups is 2. The van der Waals surface area contributed by atoms with E-state index in [1.54, 1.807) is 48.5 Å². The van der Waals surface area contributed by atoms with Crippen LogP contribution < -0.4 is 4.74 Å². The van der Waals surface area contributed by atoms with Crippen LogP contribution in [0.1, 0.15) is 27.9 Å². The molecule has 1 aliphatic rings. The Bertz CT molecular complexity index is 1380. The minimum atomic E-state index is -0.821. The van der Waals surface area contributed by atoms with Gasteiger partial charge in [-0.05, 0) is 42.0 Å². The van der Waals surface area contributed by atoms with Crippen molar-refractivity contribution in [1.29, 1.82) is 0 Å². The van der Waals surface area contributed by atoms with Gasteiger partial charge < -0.3 is 23.6 Å². The number of aliphatic hydroxyl groups is 1. The summed E-state index contributed by atoms with van der Waals surface area (Å²) in [7, 11) is 1.51. The molecule has 4 aromatic rings. The molecule has 0 saturated carbocycles. The van der Waals surface area contributed by atoms with Gasteiger partial charge in [-0.2, -0.15) is 0 Å². The molecular formula is C25H18BrNO6. The van der Waals surface area contributed by atoms with Gasteiger partial charge >= 0.3 is 0 Å². The molecule has 5 rings (SSSR count). The number of benzene rings is 2. The van der Waals surface area contributed by atoms with E-state index < -0.39 is 23.5 Å². The smallest absolute Gasteiger partial charge is 0.290 e. The number of ether oxygens (including phenoxy) is 1. The summed E-state index contributed by atoms with van der Waals surface area (Å²) in [6.07, 6.45) is 1.51. The minimum absolute atomic E-state index is 0.00538. The van der Waals surface area contributed by atoms with Gasteiger partial charge in [0.1, 0.15) is 5.76 Å². The SMILES string of the molecule is COc1cccc2cc(C(=O)C3=C(O)C(=O)N(Cc4ccco4)C3c3ccc(Br)cc3)oc12. The van der Waals surface area contributed by atoms with Gasteiger partial charge in [0.15, 0.2) is 22.9 Å². The largest absolute Gasteiger partial charge is 0.503 e. The average molecular weight is 508 g/mol. The van der Waals surface area contributed by atoms with Crippen LogP contribution in [0.15, 0.2) is 91.6 Å². The molecule has 8 heteroatoms. The Balaban J connectivity index is 1.61. The predicted molar refractivity (Wildman–Crippen MR) is 123 cm³/mol. The van der Waals surface area contributed by atoms with E-state index in [1.807, 2.05) is 12.1 Å². The van der Waals surface area contributed by atoms with E-state index in [9.17, 15) is 14.7 Å². The third kappa shape index (κ3) is 3.62. The summed E-state index contributed by atoms with van der Waals surface area (Å²) in [5, 5.41) is 11.5. The van der Waals surface area contributed by atoms with E-state index in [1.165, 1.54) is 18.3 Å². The van der Waals surface area contributed by atoms with Crippen LogP contribution in [-0.4, -0.2) is 28.8 Å². The maximum Gasteiger partial charge on any atom is 0.290 e. The number of Topliss-reactive ketones (excluding diaryl/α,β-unsaturated/α-hetero) is 1. The fourth-order valence-corrected chi connectivity index (χ4v) is 4.32. The van der Waals surface area contributed by atoms with E-state index >= 15 is 0 Å². The Kier molecular flexibility index (Phi) is 5.30. The fraction of sp³-hybridized carbons (Fsp3) is 0.120. The monoisotopic (exact) mass is 507 g/mol. The lowest BCUT2D eigenvalue weighted by Gasteiger charge is -2.25. The third-order valence-corrected chi connectivity index (χ3v) is 6.12. The van der Waals surface area contributed by atoms with Crippen LogP contribution >= 0.6 is 15.9 Å². The molecule has 7 nitrogen and oxygen atoms in total. The second-order valence-corrected chi connectivity index (χ2v) is 8.46. The summed E-state index contributed by atoms with van der Waals surface area (Å²) in [4.78, 5) is 28.1. The molecule has 1 atom stereocenters.